The van der Waals surface area contributed by atoms with Crippen molar-refractivity contribution in [1.29, 1.82) is 0 Å². The Labute approximate surface area is 64.7 Å². The van der Waals surface area contributed by atoms with Crippen LogP contribution in [0.25, 0.3) is 0 Å². The number of benzene rings is 1. The van der Waals surface area contributed by atoms with Gasteiger partial charge < -0.3 is 10.4 Å². The van der Waals surface area contributed by atoms with Crippen LogP contribution in [0.5, 0.6) is 0 Å². The second-order valence-corrected chi connectivity index (χ2v) is 2.13. The minimum atomic E-state index is -0.909. The van der Waals surface area contributed by atoms with Gasteiger partial charge in [0.25, 0.3) is 0 Å². The highest BCUT2D eigenvalue weighted by molar-refractivity contribution is 5.88. The van der Waals surface area contributed by atoms with Gasteiger partial charge in [0.2, 0.25) is 0 Å². The van der Waals surface area contributed by atoms with Crippen LogP contribution in [0.15, 0.2) is 24.3 Å². The van der Waals surface area contributed by atoms with E-state index in [1.165, 1.54) is 0 Å². The fourth-order valence-corrected chi connectivity index (χ4v) is 0.799. The summed E-state index contributed by atoms with van der Waals surface area (Å²) >= 11 is 0. The Morgan fingerprint density at radius 1 is 1.55 bits per heavy atom. The first-order valence-corrected chi connectivity index (χ1v) is 3.20. The van der Waals surface area contributed by atoms with Gasteiger partial charge in [-0.2, -0.15) is 0 Å². The van der Waals surface area contributed by atoms with Crippen LogP contribution in [0.1, 0.15) is 10.4 Å². The number of nitrogens with two attached hydrogens (primary N) is 1. The molecule has 0 bridgehead atoms. The highest BCUT2D eigenvalue weighted by Gasteiger charge is 2.01. The quantitative estimate of drug-likeness (QED) is 0.474. The molecule has 3 nitrogen and oxygen atoms in total. The molecule has 0 saturated heterocycles. The molecule has 0 aliphatic rings. The maximum Gasteiger partial charge on any atom is 0.335 e. The van der Waals surface area contributed by atoms with Crippen molar-refractivity contribution >= 4 is 11.7 Å². The summed E-state index contributed by atoms with van der Waals surface area (Å²) in [5.74, 6) is -0.909. The number of hydrogen-bond acceptors (Lipinski definition) is 1. The summed E-state index contributed by atoms with van der Waals surface area (Å²) in [5.41, 5.74) is 1.12. The number of carbonyl (C=O) groups is 1. The smallest absolute Gasteiger partial charge is 0.335 e. The molecule has 0 spiro atoms. The second-order valence-electron chi connectivity index (χ2n) is 2.13. The number of rotatable bonds is 2. The van der Waals surface area contributed by atoms with Crippen LogP contribution in [0.2, 0.25) is 0 Å². The van der Waals surface area contributed by atoms with E-state index >= 15 is 0 Å². The van der Waals surface area contributed by atoms with Crippen LogP contribution in [-0.2, 0) is 0 Å². The normalized spacial score (nSPS) is 9.55. The first kappa shape index (κ1) is 7.75. The van der Waals surface area contributed by atoms with Gasteiger partial charge >= 0.3 is 5.97 Å². The van der Waals surface area contributed by atoms with E-state index in [1.807, 2.05) is 0 Å². The minimum absolute atomic E-state index is 0.294. The van der Waals surface area contributed by atoms with Crippen LogP contribution >= 0.6 is 0 Å². The topological polar surface area (TPSA) is 53.9 Å². The first-order valence-electron chi connectivity index (χ1n) is 3.20. The molecule has 0 aliphatic heterocycles. The van der Waals surface area contributed by atoms with Crippen molar-refractivity contribution in [2.45, 2.75) is 0 Å². The second kappa shape index (κ2) is 3.16. The lowest BCUT2D eigenvalue weighted by atomic mass is 10.2. The molecule has 0 radical (unpaired) electrons. The molecule has 3 heteroatoms. The number of quaternary nitrogens is 1. The summed E-state index contributed by atoms with van der Waals surface area (Å²) in [6.45, 7) is 0. The molecule has 0 saturated carbocycles. The van der Waals surface area contributed by atoms with Gasteiger partial charge in [-0.15, -0.1) is 7.05 Å². The number of carboxylic acids is 1. The van der Waals surface area contributed by atoms with Crippen molar-refractivity contribution in [1.82, 2.24) is 0 Å². The molecular formula is C8H9NO2. The van der Waals surface area contributed by atoms with E-state index in [2.05, 4.69) is 7.05 Å². The Morgan fingerprint density at radius 2 is 2.27 bits per heavy atom. The fourth-order valence-electron chi connectivity index (χ4n) is 0.799. The van der Waals surface area contributed by atoms with Crippen LogP contribution in [0.4, 0.5) is 5.69 Å². The van der Waals surface area contributed by atoms with Crippen molar-refractivity contribution in [3.63, 3.8) is 0 Å². The zero-order chi connectivity index (χ0) is 8.27. The lowest BCUT2D eigenvalue weighted by Gasteiger charge is -1.99. The molecule has 0 aliphatic carbocycles. The van der Waals surface area contributed by atoms with Crippen LogP contribution < -0.4 is 5.32 Å². The maximum atomic E-state index is 10.4. The van der Waals surface area contributed by atoms with Crippen molar-refractivity contribution in [3.8, 4) is 0 Å². The van der Waals surface area contributed by atoms with Crippen LogP contribution in [0, 0.1) is 7.05 Å². The molecule has 1 rings (SSSR count). The van der Waals surface area contributed by atoms with Crippen LogP contribution in [0.3, 0.4) is 0 Å². The van der Waals surface area contributed by atoms with Crippen molar-refractivity contribution < 1.29 is 15.2 Å². The average molecular weight is 151 g/mol. The third-order valence-corrected chi connectivity index (χ3v) is 1.37. The molecule has 3 N–H and O–H groups in total. The van der Waals surface area contributed by atoms with Gasteiger partial charge in [0.05, 0.1) is 5.56 Å². The van der Waals surface area contributed by atoms with Gasteiger partial charge in [0, 0.05) is 6.07 Å². The third kappa shape index (κ3) is 1.78. The van der Waals surface area contributed by atoms with Crippen molar-refractivity contribution in [2.75, 3.05) is 0 Å². The number of hydrogen-bond donors (Lipinski definition) is 2. The van der Waals surface area contributed by atoms with E-state index in [4.69, 9.17) is 5.11 Å². The van der Waals surface area contributed by atoms with Crippen molar-refractivity contribution in [3.05, 3.63) is 36.9 Å². The highest BCUT2D eigenvalue weighted by Crippen LogP contribution is 2.04. The number of aromatic carboxylic acids is 1. The van der Waals surface area contributed by atoms with Crippen LogP contribution in [-0.4, -0.2) is 11.1 Å². The fraction of sp³-hybridized carbons (Fsp3) is 0. The molecule has 0 aromatic heterocycles. The van der Waals surface area contributed by atoms with E-state index in [0.717, 1.165) is 5.69 Å². The zero-order valence-corrected chi connectivity index (χ0v) is 5.95. The molecular weight excluding hydrogens is 142 g/mol. The van der Waals surface area contributed by atoms with E-state index in [1.54, 1.807) is 29.6 Å². The van der Waals surface area contributed by atoms with Gasteiger partial charge in [0.15, 0.2) is 0 Å². The van der Waals surface area contributed by atoms with Gasteiger partial charge in [0.1, 0.15) is 5.69 Å². The standard InChI is InChI=1S/C8H9NO2/c1-9-7-4-2-3-6(5-7)8(10)11/h2-5H,1,9H2,(H,10,11). The monoisotopic (exact) mass is 151 g/mol. The molecule has 0 amide bonds. The molecule has 58 valence electrons. The molecule has 0 unspecified atom stereocenters. The van der Waals surface area contributed by atoms with E-state index in [9.17, 15) is 4.79 Å². The van der Waals surface area contributed by atoms with E-state index in [-0.39, 0.29) is 0 Å². The summed E-state index contributed by atoms with van der Waals surface area (Å²) in [7, 11) is 3.54. The van der Waals surface area contributed by atoms with Gasteiger partial charge in [-0.1, -0.05) is 6.07 Å². The summed E-state index contributed by atoms with van der Waals surface area (Å²) in [6.07, 6.45) is 0. The van der Waals surface area contributed by atoms with E-state index in [0.29, 0.717) is 5.56 Å². The lowest BCUT2D eigenvalue weighted by Crippen LogP contribution is -2.69. The Bertz CT molecular complexity index is 271. The predicted octanol–water partition coefficient (Wildman–Crippen LogP) is 0.371. The molecule has 0 fully saturated rings. The Kier molecular flexibility index (Phi) is 2.23. The largest absolute Gasteiger partial charge is 0.478 e. The molecule has 1 aromatic rings. The SMILES string of the molecule is [CH2-][NH2+]c1cccc(C(=O)O)c1. The van der Waals surface area contributed by atoms with Gasteiger partial charge in [-0.25, -0.2) is 4.79 Å². The Morgan fingerprint density at radius 3 is 2.82 bits per heavy atom. The molecule has 0 heterocycles. The summed E-state index contributed by atoms with van der Waals surface area (Å²) in [5, 5.41) is 10.2. The van der Waals surface area contributed by atoms with Gasteiger partial charge in [-0.3, -0.25) is 0 Å². The van der Waals surface area contributed by atoms with E-state index < -0.39 is 5.97 Å². The average Bonchev–Trinajstić information content (AvgIpc) is 2.05. The minimum Gasteiger partial charge on any atom is -0.478 e. The summed E-state index contributed by atoms with van der Waals surface area (Å²) < 4.78 is 0. The Balaban J connectivity index is 3.01. The molecule has 11 heavy (non-hydrogen) atoms. The Hall–Kier alpha value is -1.35. The zero-order valence-electron chi connectivity index (χ0n) is 5.95. The lowest BCUT2D eigenvalue weighted by molar-refractivity contribution is -0.504. The summed E-state index contributed by atoms with van der Waals surface area (Å²) in [6, 6.07) is 6.63. The first-order chi connectivity index (χ1) is 5.24. The van der Waals surface area contributed by atoms with Crippen molar-refractivity contribution in [2.24, 2.45) is 0 Å². The highest BCUT2D eigenvalue weighted by atomic mass is 16.4. The molecule has 0 atom stereocenters. The van der Waals surface area contributed by atoms with Gasteiger partial charge in [-0.05, 0) is 12.1 Å². The molecule has 1 aromatic carbocycles. The maximum absolute atomic E-state index is 10.4. The number of carboxylic acid groups (broad SMARTS) is 1. The summed E-state index contributed by atoms with van der Waals surface area (Å²) in [4.78, 5) is 10.4. The third-order valence-electron chi connectivity index (χ3n) is 1.37. The predicted molar refractivity (Wildman–Crippen MR) is 40.3 cm³/mol.